The fourth-order valence-electron chi connectivity index (χ4n) is 4.32. The molecule has 200 valence electrons. The van der Waals surface area contributed by atoms with E-state index in [4.69, 9.17) is 24.7 Å². The van der Waals surface area contributed by atoms with Crippen molar-refractivity contribution in [3.63, 3.8) is 0 Å². The number of nitriles is 1. The molecule has 1 aliphatic heterocycles. The number of hydrogen-bond acceptors (Lipinski definition) is 7. The van der Waals surface area contributed by atoms with Crippen molar-refractivity contribution in [3.8, 4) is 29.1 Å². The van der Waals surface area contributed by atoms with Gasteiger partial charge in [0.05, 0.1) is 5.92 Å². The molecule has 40 heavy (non-hydrogen) atoms. The Labute approximate surface area is 230 Å². The van der Waals surface area contributed by atoms with Crippen molar-refractivity contribution in [1.29, 1.82) is 5.26 Å². The summed E-state index contributed by atoms with van der Waals surface area (Å²) in [7, 11) is 0. The Morgan fingerprint density at radius 2 is 1.70 bits per heavy atom. The maximum Gasteiger partial charge on any atom is 0.352 e. The van der Waals surface area contributed by atoms with Crippen LogP contribution in [0.15, 0.2) is 109 Å². The van der Waals surface area contributed by atoms with Gasteiger partial charge < -0.3 is 24.7 Å². The summed E-state index contributed by atoms with van der Waals surface area (Å²) in [5.41, 5.74) is 8.93. The molecule has 7 nitrogen and oxygen atoms in total. The minimum atomic E-state index is -1.07. The second-order valence-electron chi connectivity index (χ2n) is 9.08. The summed E-state index contributed by atoms with van der Waals surface area (Å²) in [4.78, 5) is 12.6. The molecule has 0 aromatic heterocycles. The van der Waals surface area contributed by atoms with Gasteiger partial charge in [-0.15, -0.1) is 0 Å². The molecule has 1 heterocycles. The number of rotatable bonds is 8. The maximum atomic E-state index is 13.9. The number of benzene rings is 4. The molecule has 2 atom stereocenters. The van der Waals surface area contributed by atoms with Crippen LogP contribution in [0.1, 0.15) is 29.5 Å². The van der Waals surface area contributed by atoms with Crippen LogP contribution in [0.3, 0.4) is 0 Å². The number of carbonyl (C=O) groups excluding carboxylic acids is 1. The number of nitrogens with two attached hydrogens (primary N) is 1. The fourth-order valence-corrected chi connectivity index (χ4v) is 4.32. The zero-order chi connectivity index (χ0) is 28.1. The lowest BCUT2D eigenvalue weighted by Crippen LogP contribution is -2.29. The predicted octanol–water partition coefficient (Wildman–Crippen LogP) is 6.00. The van der Waals surface area contributed by atoms with Gasteiger partial charge in [0.25, 0.3) is 0 Å². The third-order valence-electron chi connectivity index (χ3n) is 6.34. The highest BCUT2D eigenvalue weighted by Crippen LogP contribution is 2.43. The molecule has 0 fully saturated rings. The summed E-state index contributed by atoms with van der Waals surface area (Å²) in [5.74, 6) is -0.673. The molecule has 0 saturated heterocycles. The van der Waals surface area contributed by atoms with E-state index in [1.165, 1.54) is 31.2 Å². The number of para-hydroxylation sites is 1. The van der Waals surface area contributed by atoms with Gasteiger partial charge in [0.1, 0.15) is 35.5 Å². The summed E-state index contributed by atoms with van der Waals surface area (Å²) in [5, 5.41) is 9.86. The van der Waals surface area contributed by atoms with E-state index in [0.29, 0.717) is 23.7 Å². The molecule has 5 rings (SSSR count). The monoisotopic (exact) mass is 536 g/mol. The molecular formula is C32H25FN2O5. The molecule has 0 aliphatic carbocycles. The Balaban J connectivity index is 1.33. The zero-order valence-electron chi connectivity index (χ0n) is 21.5. The Kier molecular flexibility index (Phi) is 7.65. The van der Waals surface area contributed by atoms with Gasteiger partial charge in [-0.05, 0) is 48.4 Å². The molecule has 4 aromatic carbocycles. The standard InChI is InChI=1S/C32H25FN2O5/c1-20(38-28-10-6-5-9-27(28)33)32(36)39-24-15-16-25-29(17-24)40-31(35)26(18-34)30(25)22-11-13-23(14-12-22)37-19-21-7-3-2-4-8-21/h2-17,20,30H,19,35H2,1H3. The van der Waals surface area contributed by atoms with Crippen LogP contribution in [-0.2, 0) is 11.4 Å². The molecule has 2 N–H and O–H groups in total. The summed E-state index contributed by atoms with van der Waals surface area (Å²) in [6, 6.07) is 30.1. The number of nitrogens with zero attached hydrogens (tertiary/aromatic N) is 1. The fraction of sp³-hybridized carbons (Fsp3) is 0.125. The number of halogens is 1. The Morgan fingerprint density at radius 1 is 1.00 bits per heavy atom. The first kappa shape index (κ1) is 26.3. The largest absolute Gasteiger partial charge is 0.489 e. The van der Waals surface area contributed by atoms with Crippen LogP contribution < -0.4 is 24.7 Å². The first-order valence-corrected chi connectivity index (χ1v) is 12.5. The minimum absolute atomic E-state index is 0.0378. The highest BCUT2D eigenvalue weighted by molar-refractivity contribution is 5.77. The number of carbonyl (C=O) groups is 1. The molecule has 1 aliphatic rings. The smallest absolute Gasteiger partial charge is 0.352 e. The van der Waals surface area contributed by atoms with Crippen LogP contribution in [-0.4, -0.2) is 12.1 Å². The van der Waals surface area contributed by atoms with Crippen molar-refractivity contribution in [3.05, 3.63) is 131 Å². The van der Waals surface area contributed by atoms with E-state index < -0.39 is 23.8 Å². The van der Waals surface area contributed by atoms with Crippen molar-refractivity contribution in [2.75, 3.05) is 0 Å². The van der Waals surface area contributed by atoms with Gasteiger partial charge in [-0.3, -0.25) is 0 Å². The topological polar surface area (TPSA) is 104 Å². The Hall–Kier alpha value is -5.29. The van der Waals surface area contributed by atoms with Crippen LogP contribution >= 0.6 is 0 Å². The number of fused-ring (bicyclic) bond motifs is 1. The lowest BCUT2D eigenvalue weighted by atomic mass is 9.83. The van der Waals surface area contributed by atoms with Crippen molar-refractivity contribution in [1.82, 2.24) is 0 Å². The van der Waals surface area contributed by atoms with E-state index >= 15 is 0 Å². The third-order valence-corrected chi connectivity index (χ3v) is 6.34. The first-order chi connectivity index (χ1) is 19.4. The normalized spacial score (nSPS) is 14.8. The summed E-state index contributed by atoms with van der Waals surface area (Å²) < 4.78 is 36.4. The average Bonchev–Trinajstić information content (AvgIpc) is 2.97. The van der Waals surface area contributed by atoms with Crippen LogP contribution in [0.2, 0.25) is 0 Å². The van der Waals surface area contributed by atoms with Crippen LogP contribution in [0.5, 0.6) is 23.0 Å². The van der Waals surface area contributed by atoms with E-state index in [0.717, 1.165) is 11.1 Å². The second-order valence-corrected chi connectivity index (χ2v) is 9.08. The molecule has 2 unspecified atom stereocenters. The van der Waals surface area contributed by atoms with Gasteiger partial charge in [0, 0.05) is 11.6 Å². The molecule has 8 heteroatoms. The number of ether oxygens (including phenoxy) is 4. The maximum absolute atomic E-state index is 13.9. The van der Waals surface area contributed by atoms with E-state index in [-0.39, 0.29) is 23.0 Å². The van der Waals surface area contributed by atoms with E-state index in [1.807, 2.05) is 54.6 Å². The van der Waals surface area contributed by atoms with Gasteiger partial charge >= 0.3 is 5.97 Å². The van der Waals surface area contributed by atoms with Gasteiger partial charge in [0.15, 0.2) is 17.7 Å². The number of esters is 1. The molecule has 0 saturated carbocycles. The van der Waals surface area contributed by atoms with Gasteiger partial charge in [-0.1, -0.05) is 60.7 Å². The van der Waals surface area contributed by atoms with E-state index in [9.17, 15) is 14.4 Å². The quantitative estimate of drug-likeness (QED) is 0.218. The van der Waals surface area contributed by atoms with Crippen LogP contribution in [0.25, 0.3) is 0 Å². The van der Waals surface area contributed by atoms with Crippen LogP contribution in [0.4, 0.5) is 4.39 Å². The molecule has 0 radical (unpaired) electrons. The lowest BCUT2D eigenvalue weighted by Gasteiger charge is -2.27. The lowest BCUT2D eigenvalue weighted by molar-refractivity contribution is -0.141. The zero-order valence-corrected chi connectivity index (χ0v) is 21.5. The molecule has 0 spiro atoms. The van der Waals surface area contributed by atoms with E-state index in [1.54, 1.807) is 18.2 Å². The van der Waals surface area contributed by atoms with Gasteiger partial charge in [0.2, 0.25) is 5.88 Å². The van der Waals surface area contributed by atoms with Crippen molar-refractivity contribution >= 4 is 5.97 Å². The van der Waals surface area contributed by atoms with Crippen molar-refractivity contribution < 1.29 is 28.1 Å². The average molecular weight is 537 g/mol. The number of allylic oxidation sites excluding steroid dienone is 1. The first-order valence-electron chi connectivity index (χ1n) is 12.5. The molecule has 0 amide bonds. The second kappa shape index (κ2) is 11.6. The molecule has 0 bridgehead atoms. The highest BCUT2D eigenvalue weighted by Gasteiger charge is 2.31. The minimum Gasteiger partial charge on any atom is -0.489 e. The summed E-state index contributed by atoms with van der Waals surface area (Å²) >= 11 is 0. The number of hydrogen-bond donors (Lipinski definition) is 1. The Bertz CT molecular complexity index is 1600. The summed E-state index contributed by atoms with van der Waals surface area (Å²) in [6.07, 6.45) is -1.07. The SMILES string of the molecule is CC(Oc1ccccc1F)C(=O)Oc1ccc2c(c1)OC(N)=C(C#N)C2c1ccc(OCc2ccccc2)cc1. The van der Waals surface area contributed by atoms with Crippen molar-refractivity contribution in [2.45, 2.75) is 25.6 Å². The predicted molar refractivity (Wildman–Crippen MR) is 145 cm³/mol. The third kappa shape index (κ3) is 5.74. The van der Waals surface area contributed by atoms with Crippen LogP contribution in [0, 0.1) is 17.1 Å². The molecular weight excluding hydrogens is 511 g/mol. The highest BCUT2D eigenvalue weighted by atomic mass is 19.1. The molecule has 4 aromatic rings. The van der Waals surface area contributed by atoms with Gasteiger partial charge in [-0.2, -0.15) is 5.26 Å². The van der Waals surface area contributed by atoms with Gasteiger partial charge in [-0.25, -0.2) is 9.18 Å². The van der Waals surface area contributed by atoms with Crippen molar-refractivity contribution in [2.24, 2.45) is 5.73 Å². The summed E-state index contributed by atoms with van der Waals surface area (Å²) in [6.45, 7) is 1.90. The van der Waals surface area contributed by atoms with E-state index in [2.05, 4.69) is 6.07 Å². The Morgan fingerprint density at radius 3 is 2.42 bits per heavy atom.